The van der Waals surface area contributed by atoms with Crippen LogP contribution in [0.25, 0.3) is 0 Å². The molecule has 0 bridgehead atoms. The van der Waals surface area contributed by atoms with Crippen molar-refractivity contribution in [1.82, 2.24) is 0 Å². The summed E-state index contributed by atoms with van der Waals surface area (Å²) in [5, 5.41) is 0. The third kappa shape index (κ3) is 2.40. The van der Waals surface area contributed by atoms with Gasteiger partial charge in [-0.05, 0) is 24.3 Å². The van der Waals surface area contributed by atoms with Crippen molar-refractivity contribution in [3.05, 3.63) is 54.6 Å². The number of benzene rings is 2. The van der Waals surface area contributed by atoms with E-state index >= 15 is 0 Å². The molecule has 0 aliphatic carbocycles. The van der Waals surface area contributed by atoms with Gasteiger partial charge in [0.2, 0.25) is 0 Å². The second-order valence-corrected chi connectivity index (χ2v) is 3.10. The number of anilines is 2. The number of hydrogen-bond acceptors (Lipinski definition) is 3. The Morgan fingerprint density at radius 1 is 0.867 bits per heavy atom. The van der Waals surface area contributed by atoms with E-state index in [1.807, 2.05) is 54.6 Å². The molecular formula is C12H12N2O. The van der Waals surface area contributed by atoms with Crippen molar-refractivity contribution in [1.29, 1.82) is 0 Å². The Bertz CT molecular complexity index is 429. The molecule has 0 amide bonds. The van der Waals surface area contributed by atoms with Crippen LogP contribution in [0.3, 0.4) is 0 Å². The van der Waals surface area contributed by atoms with Gasteiger partial charge in [-0.25, -0.2) is 5.48 Å². The van der Waals surface area contributed by atoms with Crippen molar-refractivity contribution >= 4 is 11.4 Å². The lowest BCUT2D eigenvalue weighted by molar-refractivity contribution is 0.405. The summed E-state index contributed by atoms with van der Waals surface area (Å²) >= 11 is 0. The summed E-state index contributed by atoms with van der Waals surface area (Å²) in [6, 6.07) is 16.9. The van der Waals surface area contributed by atoms with Crippen LogP contribution in [0.2, 0.25) is 0 Å². The molecule has 0 heterocycles. The molecule has 0 unspecified atom stereocenters. The number of hydrogen-bond donors (Lipinski definition) is 2. The Hall–Kier alpha value is -2.16. The van der Waals surface area contributed by atoms with E-state index in [-0.39, 0.29) is 0 Å². The fourth-order valence-electron chi connectivity index (χ4n) is 1.19. The lowest BCUT2D eigenvalue weighted by atomic mass is 10.3. The van der Waals surface area contributed by atoms with Gasteiger partial charge in [-0.2, -0.15) is 0 Å². The van der Waals surface area contributed by atoms with Gasteiger partial charge in [0.1, 0.15) is 0 Å². The summed E-state index contributed by atoms with van der Waals surface area (Å²) < 4.78 is 0. The molecule has 0 spiro atoms. The van der Waals surface area contributed by atoms with Gasteiger partial charge in [-0.15, -0.1) is 0 Å². The number of nitrogen functional groups attached to an aromatic ring is 1. The Balaban J connectivity index is 2.03. The predicted octanol–water partition coefficient (Wildman–Crippen LogP) is 2.67. The summed E-state index contributed by atoms with van der Waals surface area (Å²) in [5.41, 5.74) is 9.97. The number of nitrogens with one attached hydrogen (secondary N) is 1. The van der Waals surface area contributed by atoms with Crippen LogP contribution >= 0.6 is 0 Å². The molecule has 2 aromatic carbocycles. The van der Waals surface area contributed by atoms with Crippen molar-refractivity contribution in [3.8, 4) is 5.75 Å². The van der Waals surface area contributed by atoms with Gasteiger partial charge in [0.05, 0.1) is 11.4 Å². The summed E-state index contributed by atoms with van der Waals surface area (Å²) in [6.07, 6.45) is 0. The average Bonchev–Trinajstić information content (AvgIpc) is 2.29. The van der Waals surface area contributed by atoms with Crippen molar-refractivity contribution in [2.45, 2.75) is 0 Å². The number of rotatable bonds is 3. The molecule has 3 nitrogen and oxygen atoms in total. The van der Waals surface area contributed by atoms with Crippen molar-refractivity contribution in [3.63, 3.8) is 0 Å². The molecule has 76 valence electrons. The molecule has 2 aromatic rings. The van der Waals surface area contributed by atoms with Crippen LogP contribution in [0.4, 0.5) is 11.4 Å². The molecule has 0 aromatic heterocycles. The zero-order valence-electron chi connectivity index (χ0n) is 8.18. The molecule has 3 N–H and O–H groups in total. The smallest absolute Gasteiger partial charge is 0.155 e. The largest absolute Gasteiger partial charge is 0.397 e. The summed E-state index contributed by atoms with van der Waals surface area (Å²) in [5.74, 6) is 0.751. The maximum Gasteiger partial charge on any atom is 0.155 e. The molecular weight excluding hydrogens is 188 g/mol. The van der Waals surface area contributed by atoms with E-state index in [1.165, 1.54) is 0 Å². The molecule has 15 heavy (non-hydrogen) atoms. The SMILES string of the molecule is Nc1ccccc1NOc1ccccc1. The first-order valence-corrected chi connectivity index (χ1v) is 4.68. The molecule has 0 aliphatic rings. The van der Waals surface area contributed by atoms with Crippen LogP contribution in [0.5, 0.6) is 5.75 Å². The van der Waals surface area contributed by atoms with E-state index in [0.717, 1.165) is 11.4 Å². The molecule has 0 fully saturated rings. The van der Waals surface area contributed by atoms with Crippen LogP contribution in [-0.4, -0.2) is 0 Å². The average molecular weight is 200 g/mol. The lowest BCUT2D eigenvalue weighted by Gasteiger charge is -2.09. The van der Waals surface area contributed by atoms with E-state index in [1.54, 1.807) is 0 Å². The minimum Gasteiger partial charge on any atom is -0.397 e. The van der Waals surface area contributed by atoms with Crippen LogP contribution < -0.4 is 16.1 Å². The van der Waals surface area contributed by atoms with Gasteiger partial charge < -0.3 is 10.6 Å². The first kappa shape index (κ1) is 9.40. The fraction of sp³-hybridized carbons (Fsp3) is 0. The number of nitrogens with two attached hydrogens (primary N) is 1. The van der Waals surface area contributed by atoms with Crippen LogP contribution in [0.15, 0.2) is 54.6 Å². The van der Waals surface area contributed by atoms with Gasteiger partial charge in [-0.1, -0.05) is 30.3 Å². The molecule has 0 atom stereocenters. The van der Waals surface area contributed by atoms with Gasteiger partial charge in [-0.3, -0.25) is 0 Å². The molecule has 3 heteroatoms. The van der Waals surface area contributed by atoms with Crippen molar-refractivity contribution in [2.24, 2.45) is 0 Å². The van der Waals surface area contributed by atoms with Gasteiger partial charge in [0, 0.05) is 0 Å². The van der Waals surface area contributed by atoms with E-state index in [2.05, 4.69) is 5.48 Å². The van der Waals surface area contributed by atoms with Gasteiger partial charge in [0.15, 0.2) is 5.75 Å². The quantitative estimate of drug-likeness (QED) is 0.591. The first-order chi connectivity index (χ1) is 7.36. The van der Waals surface area contributed by atoms with Gasteiger partial charge in [0.25, 0.3) is 0 Å². The Morgan fingerprint density at radius 3 is 2.27 bits per heavy atom. The first-order valence-electron chi connectivity index (χ1n) is 4.68. The predicted molar refractivity (Wildman–Crippen MR) is 61.5 cm³/mol. The van der Waals surface area contributed by atoms with Crippen LogP contribution in [0, 0.1) is 0 Å². The highest BCUT2D eigenvalue weighted by Gasteiger charge is 1.96. The highest BCUT2D eigenvalue weighted by atomic mass is 16.6. The standard InChI is InChI=1S/C12H12N2O/c13-11-8-4-5-9-12(11)14-15-10-6-2-1-3-7-10/h1-9,14H,13H2. The zero-order valence-corrected chi connectivity index (χ0v) is 8.18. The monoisotopic (exact) mass is 200 g/mol. The van der Waals surface area contributed by atoms with Crippen molar-refractivity contribution in [2.75, 3.05) is 11.2 Å². The Morgan fingerprint density at radius 2 is 1.53 bits per heavy atom. The lowest BCUT2D eigenvalue weighted by Crippen LogP contribution is -2.06. The maximum absolute atomic E-state index is 5.74. The maximum atomic E-state index is 5.74. The van der Waals surface area contributed by atoms with E-state index in [4.69, 9.17) is 10.6 Å². The highest BCUT2D eigenvalue weighted by molar-refractivity contribution is 5.64. The van der Waals surface area contributed by atoms with Crippen molar-refractivity contribution < 1.29 is 4.84 Å². The summed E-state index contributed by atoms with van der Waals surface area (Å²) in [7, 11) is 0. The second kappa shape index (κ2) is 4.37. The third-order valence-electron chi connectivity index (χ3n) is 1.98. The Kier molecular flexibility index (Phi) is 2.74. The van der Waals surface area contributed by atoms with Crippen LogP contribution in [0.1, 0.15) is 0 Å². The van der Waals surface area contributed by atoms with E-state index < -0.39 is 0 Å². The minimum atomic E-state index is 0.661. The molecule has 2 rings (SSSR count). The third-order valence-corrected chi connectivity index (χ3v) is 1.98. The van der Waals surface area contributed by atoms with E-state index in [9.17, 15) is 0 Å². The Labute approximate surface area is 88.4 Å². The second-order valence-electron chi connectivity index (χ2n) is 3.10. The summed E-state index contributed by atoms with van der Waals surface area (Å²) in [6.45, 7) is 0. The molecule has 0 aliphatic heterocycles. The fourth-order valence-corrected chi connectivity index (χ4v) is 1.19. The zero-order chi connectivity index (χ0) is 10.5. The molecule has 0 saturated heterocycles. The van der Waals surface area contributed by atoms with Gasteiger partial charge >= 0.3 is 0 Å². The minimum absolute atomic E-state index is 0.661. The molecule has 0 saturated carbocycles. The summed E-state index contributed by atoms with van der Waals surface area (Å²) in [4.78, 5) is 5.34. The number of para-hydroxylation sites is 3. The van der Waals surface area contributed by atoms with Crippen LogP contribution in [-0.2, 0) is 0 Å². The topological polar surface area (TPSA) is 47.3 Å². The van der Waals surface area contributed by atoms with E-state index in [0.29, 0.717) is 5.69 Å². The normalized spacial score (nSPS) is 9.60. The molecule has 0 radical (unpaired) electrons. The highest BCUT2D eigenvalue weighted by Crippen LogP contribution is 2.18.